The van der Waals surface area contributed by atoms with Crippen molar-refractivity contribution in [3.05, 3.63) is 0 Å². The second kappa shape index (κ2) is 9.89. The molecule has 0 heterocycles. The smallest absolute Gasteiger partial charge is 0.248 e. The van der Waals surface area contributed by atoms with Crippen LogP contribution in [0.4, 0.5) is 0 Å². The second-order valence-electron chi connectivity index (χ2n) is 3.32. The normalized spacial score (nSPS) is 10.3. The van der Waals surface area contributed by atoms with Gasteiger partial charge in [0.05, 0.1) is 13.2 Å². The predicted octanol–water partition coefficient (Wildman–Crippen LogP) is -0.283. The van der Waals surface area contributed by atoms with Gasteiger partial charge in [0.15, 0.2) is 0 Å². The highest BCUT2D eigenvalue weighted by atomic mass is 16.5. The van der Waals surface area contributed by atoms with Crippen LogP contribution in [0.25, 0.3) is 0 Å². The van der Waals surface area contributed by atoms with Crippen molar-refractivity contribution in [1.82, 2.24) is 10.2 Å². The lowest BCUT2D eigenvalue weighted by atomic mass is 10.4. The van der Waals surface area contributed by atoms with E-state index < -0.39 is 0 Å². The summed E-state index contributed by atoms with van der Waals surface area (Å²) in [5.74, 6) is 0.0159. The third kappa shape index (κ3) is 8.35. The number of amides is 1. The Balaban J connectivity index is 3.42. The molecule has 5 heteroatoms. The van der Waals surface area contributed by atoms with Gasteiger partial charge in [-0.15, -0.1) is 0 Å². The molecule has 0 aliphatic carbocycles. The Kier molecular flexibility index (Phi) is 9.46. The van der Waals surface area contributed by atoms with E-state index in [0.717, 1.165) is 19.5 Å². The van der Waals surface area contributed by atoms with E-state index in [0.29, 0.717) is 13.2 Å². The number of carbonyl (C=O) groups excluding carboxylic acids is 1. The number of rotatable bonds is 9. The topological polar surface area (TPSA) is 50.8 Å². The summed E-state index contributed by atoms with van der Waals surface area (Å²) >= 11 is 0. The lowest BCUT2D eigenvalue weighted by molar-refractivity contribution is -0.135. The van der Waals surface area contributed by atoms with E-state index in [9.17, 15) is 4.79 Å². The molecule has 0 fully saturated rings. The number of hydrogen-bond donors (Lipinski definition) is 1. The van der Waals surface area contributed by atoms with Crippen LogP contribution in [-0.2, 0) is 14.3 Å². The minimum Gasteiger partial charge on any atom is -0.382 e. The molecule has 5 nitrogen and oxygen atoms in total. The first kappa shape index (κ1) is 14.3. The van der Waals surface area contributed by atoms with E-state index in [2.05, 4.69) is 5.32 Å². The monoisotopic (exact) mass is 218 g/mol. The Morgan fingerprint density at radius 3 is 2.73 bits per heavy atom. The highest BCUT2D eigenvalue weighted by Crippen LogP contribution is 1.89. The molecule has 0 aromatic carbocycles. The van der Waals surface area contributed by atoms with Gasteiger partial charge in [-0.25, -0.2) is 0 Å². The number of nitrogens with one attached hydrogen (secondary N) is 1. The summed E-state index contributed by atoms with van der Waals surface area (Å²) in [4.78, 5) is 13.1. The molecule has 15 heavy (non-hydrogen) atoms. The summed E-state index contributed by atoms with van der Waals surface area (Å²) in [6.07, 6.45) is 0.955. The fourth-order valence-corrected chi connectivity index (χ4v) is 1.03. The Labute approximate surface area is 91.7 Å². The molecule has 0 atom stereocenters. The van der Waals surface area contributed by atoms with Crippen LogP contribution in [0.15, 0.2) is 0 Å². The average Bonchev–Trinajstić information content (AvgIpc) is 2.24. The van der Waals surface area contributed by atoms with Crippen LogP contribution in [0, 0.1) is 0 Å². The molecule has 0 unspecified atom stereocenters. The standard InChI is InChI=1S/C10H22N2O3/c1-11-5-4-6-12(2)10(13)9-15-8-7-14-3/h11H,4-9H2,1-3H3. The molecule has 0 saturated heterocycles. The van der Waals surface area contributed by atoms with Crippen molar-refractivity contribution in [3.8, 4) is 0 Å². The fraction of sp³-hybridized carbons (Fsp3) is 0.900. The summed E-state index contributed by atoms with van der Waals surface area (Å²) in [6.45, 7) is 2.80. The molecule has 0 radical (unpaired) electrons. The lowest BCUT2D eigenvalue weighted by Crippen LogP contribution is -2.32. The maximum Gasteiger partial charge on any atom is 0.248 e. The summed E-state index contributed by atoms with van der Waals surface area (Å²) in [7, 11) is 5.29. The SMILES string of the molecule is CNCCCN(C)C(=O)COCCOC. The maximum atomic E-state index is 11.4. The maximum absolute atomic E-state index is 11.4. The summed E-state index contributed by atoms with van der Waals surface area (Å²) in [5.41, 5.74) is 0. The van der Waals surface area contributed by atoms with Crippen molar-refractivity contribution >= 4 is 5.91 Å². The van der Waals surface area contributed by atoms with Gasteiger partial charge in [0, 0.05) is 20.7 Å². The molecule has 0 saturated carbocycles. The summed E-state index contributed by atoms with van der Waals surface area (Å²) < 4.78 is 9.94. The third-order valence-electron chi connectivity index (χ3n) is 2.00. The molecule has 0 spiro atoms. The minimum absolute atomic E-state index is 0.0159. The van der Waals surface area contributed by atoms with E-state index in [-0.39, 0.29) is 12.5 Å². The van der Waals surface area contributed by atoms with E-state index >= 15 is 0 Å². The second-order valence-corrected chi connectivity index (χ2v) is 3.32. The van der Waals surface area contributed by atoms with Crippen molar-refractivity contribution in [3.63, 3.8) is 0 Å². The molecule has 0 aromatic rings. The first-order valence-corrected chi connectivity index (χ1v) is 5.17. The van der Waals surface area contributed by atoms with Gasteiger partial charge in [-0.2, -0.15) is 0 Å². The Hall–Kier alpha value is -0.650. The van der Waals surface area contributed by atoms with Gasteiger partial charge < -0.3 is 19.7 Å². The molecule has 0 aliphatic heterocycles. The quantitative estimate of drug-likeness (QED) is 0.541. The molecule has 0 rings (SSSR count). The summed E-state index contributed by atoms with van der Waals surface area (Å²) in [5, 5.41) is 3.04. The van der Waals surface area contributed by atoms with Crippen LogP contribution < -0.4 is 5.32 Å². The molecule has 1 amide bonds. The molecule has 0 bridgehead atoms. The fourth-order valence-electron chi connectivity index (χ4n) is 1.03. The highest BCUT2D eigenvalue weighted by Gasteiger charge is 2.07. The van der Waals surface area contributed by atoms with Gasteiger partial charge in [-0.05, 0) is 20.0 Å². The van der Waals surface area contributed by atoms with Crippen LogP contribution in [0.5, 0.6) is 0 Å². The summed E-state index contributed by atoms with van der Waals surface area (Å²) in [6, 6.07) is 0. The zero-order valence-corrected chi connectivity index (χ0v) is 9.91. The molecule has 0 aromatic heterocycles. The van der Waals surface area contributed by atoms with E-state index in [1.165, 1.54) is 0 Å². The van der Waals surface area contributed by atoms with Gasteiger partial charge in [0.1, 0.15) is 6.61 Å². The van der Waals surface area contributed by atoms with E-state index in [4.69, 9.17) is 9.47 Å². The number of likely N-dealkylation sites (N-methyl/N-ethyl adjacent to an activating group) is 1. The molecule has 1 N–H and O–H groups in total. The first-order chi connectivity index (χ1) is 7.22. The van der Waals surface area contributed by atoms with Gasteiger partial charge in [-0.1, -0.05) is 0 Å². The number of ether oxygens (including phenoxy) is 2. The Morgan fingerprint density at radius 2 is 2.13 bits per heavy atom. The van der Waals surface area contributed by atoms with Crippen molar-refractivity contribution in [2.45, 2.75) is 6.42 Å². The van der Waals surface area contributed by atoms with Gasteiger partial charge >= 0.3 is 0 Å². The van der Waals surface area contributed by atoms with Crippen LogP contribution in [0.2, 0.25) is 0 Å². The van der Waals surface area contributed by atoms with Crippen molar-refractivity contribution in [1.29, 1.82) is 0 Å². The highest BCUT2D eigenvalue weighted by molar-refractivity contribution is 5.77. The van der Waals surface area contributed by atoms with Gasteiger partial charge in [-0.3, -0.25) is 4.79 Å². The number of carbonyl (C=O) groups is 1. The molecular formula is C10H22N2O3. The van der Waals surface area contributed by atoms with Gasteiger partial charge in [0.2, 0.25) is 5.91 Å². The largest absolute Gasteiger partial charge is 0.382 e. The van der Waals surface area contributed by atoms with Crippen molar-refractivity contribution < 1.29 is 14.3 Å². The Morgan fingerprint density at radius 1 is 1.40 bits per heavy atom. The average molecular weight is 218 g/mol. The number of hydrogen-bond acceptors (Lipinski definition) is 4. The van der Waals surface area contributed by atoms with Crippen LogP contribution in [-0.4, -0.2) is 64.9 Å². The zero-order valence-electron chi connectivity index (χ0n) is 9.91. The van der Waals surface area contributed by atoms with Gasteiger partial charge in [0.25, 0.3) is 0 Å². The molecule has 0 aliphatic rings. The van der Waals surface area contributed by atoms with Crippen LogP contribution in [0.1, 0.15) is 6.42 Å². The minimum atomic E-state index is 0.0159. The van der Waals surface area contributed by atoms with Crippen LogP contribution in [0.3, 0.4) is 0 Å². The Bertz CT molecular complexity index is 165. The van der Waals surface area contributed by atoms with Crippen molar-refractivity contribution in [2.24, 2.45) is 0 Å². The number of nitrogens with zero attached hydrogens (tertiary/aromatic N) is 1. The van der Waals surface area contributed by atoms with Crippen molar-refractivity contribution in [2.75, 3.05) is 54.1 Å². The number of methoxy groups -OCH3 is 1. The zero-order chi connectivity index (χ0) is 11.5. The molecule has 90 valence electrons. The first-order valence-electron chi connectivity index (χ1n) is 5.17. The van der Waals surface area contributed by atoms with E-state index in [1.54, 1.807) is 19.1 Å². The predicted molar refractivity (Wildman–Crippen MR) is 58.9 cm³/mol. The van der Waals surface area contributed by atoms with Crippen LogP contribution >= 0.6 is 0 Å². The third-order valence-corrected chi connectivity index (χ3v) is 2.00. The lowest BCUT2D eigenvalue weighted by Gasteiger charge is -2.16. The van der Waals surface area contributed by atoms with E-state index in [1.807, 2.05) is 7.05 Å². The molecular weight excluding hydrogens is 196 g/mol.